The van der Waals surface area contributed by atoms with E-state index in [4.69, 9.17) is 0 Å². The number of aromatic nitrogens is 1. The second kappa shape index (κ2) is 11.1. The highest BCUT2D eigenvalue weighted by Crippen LogP contribution is 2.40. The maximum atomic E-state index is 2.46. The lowest BCUT2D eigenvalue weighted by atomic mass is 9.92. The molecule has 0 fully saturated rings. The molecular formula is C48H31N. The minimum absolute atomic E-state index is 1.15. The summed E-state index contributed by atoms with van der Waals surface area (Å²) >= 11 is 0. The van der Waals surface area contributed by atoms with Crippen molar-refractivity contribution in [1.29, 1.82) is 0 Å². The van der Waals surface area contributed by atoms with E-state index in [0.29, 0.717) is 0 Å². The Morgan fingerprint density at radius 2 is 0.653 bits per heavy atom. The largest absolute Gasteiger partial charge is 0.309 e. The summed E-state index contributed by atoms with van der Waals surface area (Å²) in [4.78, 5) is 0. The van der Waals surface area contributed by atoms with Crippen molar-refractivity contribution in [3.8, 4) is 39.1 Å². The van der Waals surface area contributed by atoms with Gasteiger partial charge in [-0.15, -0.1) is 0 Å². The average molecular weight is 622 g/mol. The second-order valence-electron chi connectivity index (χ2n) is 12.9. The SMILES string of the molecule is c1ccc(-c2cc(-c3ccccc3)cc(-n3c4ccccc4c4ccc(-c5ccc6c7ccccc7c7ccccc7c6c5)cc43)c2)cc1. The van der Waals surface area contributed by atoms with Crippen LogP contribution in [-0.4, -0.2) is 4.57 Å². The molecule has 0 spiro atoms. The number of hydrogen-bond donors (Lipinski definition) is 0. The molecule has 0 amide bonds. The van der Waals surface area contributed by atoms with Gasteiger partial charge < -0.3 is 4.57 Å². The van der Waals surface area contributed by atoms with E-state index in [0.717, 1.165) is 5.69 Å². The topological polar surface area (TPSA) is 4.93 Å². The van der Waals surface area contributed by atoms with Gasteiger partial charge in [0.05, 0.1) is 11.0 Å². The smallest absolute Gasteiger partial charge is 0.0547 e. The molecule has 0 saturated heterocycles. The Hall–Kier alpha value is -6.44. The lowest BCUT2D eigenvalue weighted by Gasteiger charge is -2.15. The fourth-order valence-electron chi connectivity index (χ4n) is 7.85. The van der Waals surface area contributed by atoms with Gasteiger partial charge in [0.25, 0.3) is 0 Å². The minimum atomic E-state index is 1.15. The van der Waals surface area contributed by atoms with Crippen molar-refractivity contribution in [2.75, 3.05) is 0 Å². The summed E-state index contributed by atoms with van der Waals surface area (Å²) in [5.74, 6) is 0. The number of hydrogen-bond acceptors (Lipinski definition) is 0. The van der Waals surface area contributed by atoms with Crippen molar-refractivity contribution >= 4 is 54.1 Å². The van der Waals surface area contributed by atoms with Crippen LogP contribution in [0.2, 0.25) is 0 Å². The summed E-state index contributed by atoms with van der Waals surface area (Å²) in [7, 11) is 0. The monoisotopic (exact) mass is 621 g/mol. The van der Waals surface area contributed by atoms with Gasteiger partial charge in [-0.2, -0.15) is 0 Å². The molecule has 1 heteroatoms. The molecule has 228 valence electrons. The molecule has 0 N–H and O–H groups in total. The molecule has 1 nitrogen and oxygen atoms in total. The van der Waals surface area contributed by atoms with Crippen molar-refractivity contribution in [3.63, 3.8) is 0 Å². The Kier molecular flexibility index (Phi) is 6.25. The van der Waals surface area contributed by atoms with Crippen LogP contribution in [0.5, 0.6) is 0 Å². The normalized spacial score (nSPS) is 11.7. The Labute approximate surface area is 284 Å². The summed E-state index contributed by atoms with van der Waals surface area (Å²) in [6, 6.07) is 68.8. The van der Waals surface area contributed by atoms with Crippen LogP contribution in [0.4, 0.5) is 0 Å². The maximum Gasteiger partial charge on any atom is 0.0547 e. The highest BCUT2D eigenvalue weighted by molar-refractivity contribution is 6.25. The van der Waals surface area contributed by atoms with Gasteiger partial charge in [0, 0.05) is 16.5 Å². The molecule has 0 aliphatic heterocycles. The summed E-state index contributed by atoms with van der Waals surface area (Å²) in [5.41, 5.74) is 10.8. The number of para-hydroxylation sites is 1. The number of benzene rings is 9. The molecule has 1 aromatic heterocycles. The Bertz CT molecular complexity index is 2770. The molecule has 49 heavy (non-hydrogen) atoms. The second-order valence-corrected chi connectivity index (χ2v) is 12.9. The summed E-state index contributed by atoms with van der Waals surface area (Å²) in [6.45, 7) is 0. The summed E-state index contributed by atoms with van der Waals surface area (Å²) in [6.07, 6.45) is 0. The van der Waals surface area contributed by atoms with Gasteiger partial charge in [0.2, 0.25) is 0 Å². The molecular weight excluding hydrogens is 591 g/mol. The highest BCUT2D eigenvalue weighted by Gasteiger charge is 2.16. The van der Waals surface area contributed by atoms with Crippen LogP contribution < -0.4 is 0 Å². The van der Waals surface area contributed by atoms with Crippen LogP contribution in [0.1, 0.15) is 0 Å². The van der Waals surface area contributed by atoms with Crippen LogP contribution in [0.3, 0.4) is 0 Å². The highest BCUT2D eigenvalue weighted by atomic mass is 15.0. The minimum Gasteiger partial charge on any atom is -0.309 e. The first kappa shape index (κ1) is 27.7. The summed E-state index contributed by atoms with van der Waals surface area (Å²) < 4.78 is 2.46. The van der Waals surface area contributed by atoms with Gasteiger partial charge in [0.1, 0.15) is 0 Å². The van der Waals surface area contributed by atoms with Crippen molar-refractivity contribution in [1.82, 2.24) is 4.57 Å². The number of rotatable bonds is 4. The lowest BCUT2D eigenvalue weighted by molar-refractivity contribution is 1.18. The van der Waals surface area contributed by atoms with Crippen molar-refractivity contribution < 1.29 is 0 Å². The third kappa shape index (κ3) is 4.47. The first-order chi connectivity index (χ1) is 24.3. The zero-order chi connectivity index (χ0) is 32.3. The van der Waals surface area contributed by atoms with E-state index in [2.05, 4.69) is 193 Å². The first-order valence-electron chi connectivity index (χ1n) is 16.9. The van der Waals surface area contributed by atoms with Crippen molar-refractivity contribution in [2.45, 2.75) is 0 Å². The third-order valence-electron chi connectivity index (χ3n) is 10.1. The fraction of sp³-hybridized carbons (Fsp3) is 0. The van der Waals surface area contributed by atoms with Crippen LogP contribution in [0.25, 0.3) is 93.2 Å². The van der Waals surface area contributed by atoms with E-state index >= 15 is 0 Å². The van der Waals surface area contributed by atoms with E-state index in [1.807, 2.05) is 0 Å². The predicted molar refractivity (Wildman–Crippen MR) is 210 cm³/mol. The molecule has 9 aromatic carbocycles. The van der Waals surface area contributed by atoms with Gasteiger partial charge in [-0.3, -0.25) is 0 Å². The van der Waals surface area contributed by atoms with Gasteiger partial charge >= 0.3 is 0 Å². The number of fused-ring (bicyclic) bond motifs is 9. The van der Waals surface area contributed by atoms with Crippen LogP contribution >= 0.6 is 0 Å². The Balaban J connectivity index is 1.23. The molecule has 1 heterocycles. The zero-order valence-corrected chi connectivity index (χ0v) is 26.8. The van der Waals surface area contributed by atoms with Crippen LogP contribution in [0.15, 0.2) is 188 Å². The summed E-state index contributed by atoms with van der Waals surface area (Å²) in [5, 5.41) is 10.3. The van der Waals surface area contributed by atoms with Gasteiger partial charge in [0.15, 0.2) is 0 Å². The molecule has 0 radical (unpaired) electrons. The molecule has 10 rings (SSSR count). The lowest BCUT2D eigenvalue weighted by Crippen LogP contribution is -1.96. The molecule has 0 bridgehead atoms. The molecule has 0 aliphatic carbocycles. The Morgan fingerprint density at radius 1 is 0.224 bits per heavy atom. The molecule has 0 atom stereocenters. The average Bonchev–Trinajstić information content (AvgIpc) is 3.52. The molecule has 0 aliphatic rings. The molecule has 0 unspecified atom stereocenters. The van der Waals surface area contributed by atoms with Gasteiger partial charge in [-0.1, -0.05) is 152 Å². The zero-order valence-electron chi connectivity index (χ0n) is 26.8. The van der Waals surface area contributed by atoms with E-state index in [9.17, 15) is 0 Å². The Morgan fingerprint density at radius 3 is 1.24 bits per heavy atom. The van der Waals surface area contributed by atoms with Crippen LogP contribution in [0, 0.1) is 0 Å². The van der Waals surface area contributed by atoms with Crippen molar-refractivity contribution in [2.24, 2.45) is 0 Å². The maximum absolute atomic E-state index is 2.46. The van der Waals surface area contributed by atoms with E-state index < -0.39 is 0 Å². The van der Waals surface area contributed by atoms with E-state index in [-0.39, 0.29) is 0 Å². The third-order valence-corrected chi connectivity index (χ3v) is 10.1. The van der Waals surface area contributed by atoms with Crippen LogP contribution in [-0.2, 0) is 0 Å². The first-order valence-corrected chi connectivity index (χ1v) is 16.9. The molecule has 0 saturated carbocycles. The number of nitrogens with zero attached hydrogens (tertiary/aromatic N) is 1. The van der Waals surface area contributed by atoms with E-state index in [1.54, 1.807) is 0 Å². The quantitative estimate of drug-likeness (QED) is 0.172. The standard InChI is InChI=1S/C48H31N/c1-3-13-32(14-4-1)36-27-37(33-15-5-2-6-16-33)29-38(28-36)49-47-22-12-11-21-44(47)45-26-24-35(31-48(45)49)34-23-25-43-41-19-8-7-17-39(41)40-18-9-10-20-42(40)46(43)30-34/h1-31H. The van der Waals surface area contributed by atoms with E-state index in [1.165, 1.54) is 87.5 Å². The van der Waals surface area contributed by atoms with Crippen molar-refractivity contribution in [3.05, 3.63) is 188 Å². The fourth-order valence-corrected chi connectivity index (χ4v) is 7.85. The van der Waals surface area contributed by atoms with Gasteiger partial charge in [-0.05, 0) is 102 Å². The van der Waals surface area contributed by atoms with Gasteiger partial charge in [-0.25, -0.2) is 0 Å². The predicted octanol–water partition coefficient (Wildman–Crippen LogP) is 13.2. The molecule has 10 aromatic rings.